The number of hydrogen-bond donors (Lipinski definition) is 2. The molecule has 8 heteroatoms. The number of nitrogens with zero attached hydrogens (tertiary/aromatic N) is 3. The van der Waals surface area contributed by atoms with Gasteiger partial charge in [-0.1, -0.05) is 18.7 Å². The summed E-state index contributed by atoms with van der Waals surface area (Å²) >= 11 is 1.08. The maximum absolute atomic E-state index is 11.8. The van der Waals surface area contributed by atoms with E-state index in [2.05, 4.69) is 22.0 Å². The molecule has 0 aliphatic carbocycles. The number of rotatable bonds is 5. The molecule has 1 atom stereocenters. The number of likely N-dealkylation sites (N-methyl/N-ethyl adjacent to an activating group) is 1. The number of carboxylic acids is 1. The standard InChI is InChI=1S/C11H18N4O3S/c1-2-14-5-3-4-8(6-14)15-10(18)12-13-11(15)19-7-9(16)17/h8H,2-7H2,1H3,(H,12,18)(H,16,17). The normalized spacial score (nSPS) is 20.6. The Kier molecular flexibility index (Phi) is 4.65. The molecule has 0 spiro atoms. The molecule has 19 heavy (non-hydrogen) atoms. The lowest BCUT2D eigenvalue weighted by Crippen LogP contribution is -2.39. The van der Waals surface area contributed by atoms with E-state index in [1.54, 1.807) is 4.57 Å². The highest BCUT2D eigenvalue weighted by Gasteiger charge is 2.24. The van der Waals surface area contributed by atoms with Gasteiger partial charge in [0.1, 0.15) is 0 Å². The third kappa shape index (κ3) is 3.38. The smallest absolute Gasteiger partial charge is 0.344 e. The Morgan fingerprint density at radius 1 is 1.63 bits per heavy atom. The van der Waals surface area contributed by atoms with Crippen LogP contribution >= 0.6 is 11.8 Å². The second kappa shape index (κ2) is 6.25. The number of aromatic nitrogens is 3. The van der Waals surface area contributed by atoms with Gasteiger partial charge in [-0.3, -0.25) is 9.36 Å². The van der Waals surface area contributed by atoms with Crippen molar-refractivity contribution in [1.29, 1.82) is 0 Å². The van der Waals surface area contributed by atoms with Crippen LogP contribution in [0.2, 0.25) is 0 Å². The van der Waals surface area contributed by atoms with Gasteiger partial charge in [-0.05, 0) is 25.9 Å². The molecule has 1 aliphatic heterocycles. The van der Waals surface area contributed by atoms with E-state index in [-0.39, 0.29) is 17.5 Å². The summed E-state index contributed by atoms with van der Waals surface area (Å²) in [6.07, 6.45) is 1.97. The van der Waals surface area contributed by atoms with Crippen molar-refractivity contribution in [2.45, 2.75) is 31.0 Å². The minimum atomic E-state index is -0.911. The van der Waals surface area contributed by atoms with Crippen molar-refractivity contribution in [3.8, 4) is 0 Å². The number of hydrogen-bond acceptors (Lipinski definition) is 5. The summed E-state index contributed by atoms with van der Waals surface area (Å²) in [4.78, 5) is 24.7. The van der Waals surface area contributed by atoms with Gasteiger partial charge in [0, 0.05) is 6.54 Å². The van der Waals surface area contributed by atoms with E-state index >= 15 is 0 Å². The van der Waals surface area contributed by atoms with Gasteiger partial charge in [0.05, 0.1) is 11.8 Å². The van der Waals surface area contributed by atoms with Crippen molar-refractivity contribution in [2.75, 3.05) is 25.4 Å². The summed E-state index contributed by atoms with van der Waals surface area (Å²) in [7, 11) is 0. The number of likely N-dealkylation sites (tertiary alicyclic amines) is 1. The Balaban J connectivity index is 2.16. The van der Waals surface area contributed by atoms with Crippen molar-refractivity contribution in [2.24, 2.45) is 0 Å². The average molecular weight is 286 g/mol. The molecule has 2 rings (SSSR count). The van der Waals surface area contributed by atoms with Crippen LogP contribution in [0.15, 0.2) is 9.95 Å². The zero-order valence-electron chi connectivity index (χ0n) is 10.8. The van der Waals surface area contributed by atoms with Gasteiger partial charge in [-0.2, -0.15) is 0 Å². The van der Waals surface area contributed by atoms with Crippen molar-refractivity contribution < 1.29 is 9.90 Å². The largest absolute Gasteiger partial charge is 0.481 e. The van der Waals surface area contributed by atoms with Crippen LogP contribution in [0.3, 0.4) is 0 Å². The summed E-state index contributed by atoms with van der Waals surface area (Å²) < 4.78 is 1.61. The molecular weight excluding hydrogens is 268 g/mol. The van der Waals surface area contributed by atoms with Crippen LogP contribution in [0.25, 0.3) is 0 Å². The van der Waals surface area contributed by atoms with Crippen LogP contribution in [0.5, 0.6) is 0 Å². The van der Waals surface area contributed by atoms with E-state index in [1.165, 1.54) is 0 Å². The molecular formula is C11H18N4O3S. The molecule has 0 radical (unpaired) electrons. The van der Waals surface area contributed by atoms with Crippen LogP contribution in [-0.2, 0) is 4.79 Å². The lowest BCUT2D eigenvalue weighted by Gasteiger charge is -2.32. The molecule has 1 aliphatic rings. The Hall–Kier alpha value is -1.28. The predicted molar refractivity (Wildman–Crippen MR) is 71.6 cm³/mol. The predicted octanol–water partition coefficient (Wildman–Crippen LogP) is 0.405. The topological polar surface area (TPSA) is 91.2 Å². The second-order valence-corrected chi connectivity index (χ2v) is 5.50. The maximum Gasteiger partial charge on any atom is 0.344 e. The number of thioether (sulfide) groups is 1. The summed E-state index contributed by atoms with van der Waals surface area (Å²) in [5, 5.41) is 15.5. The van der Waals surface area contributed by atoms with Gasteiger partial charge in [0.15, 0.2) is 5.16 Å². The molecule has 0 saturated carbocycles. The Bertz CT molecular complexity index is 498. The summed E-state index contributed by atoms with van der Waals surface area (Å²) in [5.41, 5.74) is -0.254. The Labute approximate surface area is 115 Å². The number of H-pyrrole nitrogens is 1. The minimum absolute atomic E-state index is 0.0799. The van der Waals surface area contributed by atoms with Gasteiger partial charge in [0.2, 0.25) is 0 Å². The van der Waals surface area contributed by atoms with Crippen molar-refractivity contribution in [3.63, 3.8) is 0 Å². The maximum atomic E-state index is 11.8. The fraction of sp³-hybridized carbons (Fsp3) is 0.727. The molecule has 0 aromatic carbocycles. The zero-order chi connectivity index (χ0) is 13.8. The molecule has 1 aromatic rings. The highest BCUT2D eigenvalue weighted by Crippen LogP contribution is 2.24. The number of carbonyl (C=O) groups is 1. The van der Waals surface area contributed by atoms with E-state index in [1.807, 2.05) is 0 Å². The number of aliphatic carboxylic acids is 1. The Morgan fingerprint density at radius 2 is 2.42 bits per heavy atom. The molecule has 1 unspecified atom stereocenters. The van der Waals surface area contributed by atoms with E-state index in [0.29, 0.717) is 5.16 Å². The van der Waals surface area contributed by atoms with Crippen LogP contribution in [0.4, 0.5) is 0 Å². The first-order valence-electron chi connectivity index (χ1n) is 6.35. The van der Waals surface area contributed by atoms with Crippen LogP contribution in [0, 0.1) is 0 Å². The molecule has 106 valence electrons. The van der Waals surface area contributed by atoms with Crippen molar-refractivity contribution >= 4 is 17.7 Å². The molecule has 1 fully saturated rings. The summed E-state index contributed by atoms with van der Waals surface area (Å²) in [5.74, 6) is -1.00. The molecule has 0 bridgehead atoms. The first kappa shape index (κ1) is 14.1. The SMILES string of the molecule is CCN1CCCC(n2c(SCC(=O)O)n[nH]c2=O)C1. The molecule has 0 amide bonds. The number of carboxylic acid groups (broad SMARTS) is 1. The quantitative estimate of drug-likeness (QED) is 0.762. The van der Waals surface area contributed by atoms with E-state index in [0.717, 1.165) is 44.2 Å². The van der Waals surface area contributed by atoms with Crippen LogP contribution in [0.1, 0.15) is 25.8 Å². The number of nitrogens with one attached hydrogen (secondary N) is 1. The van der Waals surface area contributed by atoms with E-state index < -0.39 is 5.97 Å². The highest BCUT2D eigenvalue weighted by molar-refractivity contribution is 7.99. The van der Waals surface area contributed by atoms with Crippen molar-refractivity contribution in [3.05, 3.63) is 10.5 Å². The first-order chi connectivity index (χ1) is 9.11. The number of piperidine rings is 1. The number of aromatic amines is 1. The lowest BCUT2D eigenvalue weighted by atomic mass is 10.1. The highest BCUT2D eigenvalue weighted by atomic mass is 32.2. The average Bonchev–Trinajstić information content (AvgIpc) is 2.77. The first-order valence-corrected chi connectivity index (χ1v) is 7.34. The van der Waals surface area contributed by atoms with E-state index in [9.17, 15) is 9.59 Å². The third-order valence-electron chi connectivity index (χ3n) is 3.29. The minimum Gasteiger partial charge on any atom is -0.481 e. The van der Waals surface area contributed by atoms with Crippen LogP contribution in [-0.4, -0.2) is 56.1 Å². The molecule has 1 aromatic heterocycles. The Morgan fingerprint density at radius 3 is 3.11 bits per heavy atom. The van der Waals surface area contributed by atoms with Crippen LogP contribution < -0.4 is 5.69 Å². The van der Waals surface area contributed by atoms with Gasteiger partial charge in [0.25, 0.3) is 0 Å². The summed E-state index contributed by atoms with van der Waals surface area (Å²) in [6, 6.07) is 0.0799. The third-order valence-corrected chi connectivity index (χ3v) is 4.23. The fourth-order valence-electron chi connectivity index (χ4n) is 2.37. The monoisotopic (exact) mass is 286 g/mol. The van der Waals surface area contributed by atoms with Gasteiger partial charge >= 0.3 is 11.7 Å². The van der Waals surface area contributed by atoms with Gasteiger partial charge in [-0.25, -0.2) is 9.89 Å². The van der Waals surface area contributed by atoms with Gasteiger partial charge in [-0.15, -0.1) is 5.10 Å². The van der Waals surface area contributed by atoms with Gasteiger partial charge < -0.3 is 10.0 Å². The lowest BCUT2D eigenvalue weighted by molar-refractivity contribution is -0.133. The molecule has 2 heterocycles. The fourth-order valence-corrected chi connectivity index (χ4v) is 3.10. The zero-order valence-corrected chi connectivity index (χ0v) is 11.7. The van der Waals surface area contributed by atoms with E-state index in [4.69, 9.17) is 5.11 Å². The second-order valence-electron chi connectivity index (χ2n) is 4.55. The summed E-state index contributed by atoms with van der Waals surface area (Å²) in [6.45, 7) is 4.93. The molecule has 1 saturated heterocycles. The molecule has 7 nitrogen and oxygen atoms in total. The van der Waals surface area contributed by atoms with Crippen molar-refractivity contribution in [1.82, 2.24) is 19.7 Å². The molecule has 2 N–H and O–H groups in total.